The normalized spacial score (nSPS) is 14.3. The van der Waals surface area contributed by atoms with Gasteiger partial charge in [0.2, 0.25) is 5.36 Å². The van der Waals surface area contributed by atoms with Crippen molar-refractivity contribution in [2.75, 3.05) is 44.2 Å². The van der Waals surface area contributed by atoms with Gasteiger partial charge in [-0.05, 0) is 52.8 Å². The molecule has 2 heterocycles. The van der Waals surface area contributed by atoms with Crippen LogP contribution in [0.25, 0.3) is 20.8 Å². The third kappa shape index (κ3) is 5.94. The van der Waals surface area contributed by atoms with E-state index in [0.717, 1.165) is 58.0 Å². The van der Waals surface area contributed by atoms with E-state index in [1.165, 1.54) is 0 Å². The van der Waals surface area contributed by atoms with Crippen LogP contribution in [0.15, 0.2) is 30.3 Å². The fourth-order valence-corrected chi connectivity index (χ4v) is 5.48. The highest BCUT2D eigenvalue weighted by Gasteiger charge is 2.27. The molecule has 0 spiro atoms. The lowest BCUT2D eigenvalue weighted by Crippen LogP contribution is -3.00. The van der Waals surface area contributed by atoms with Crippen molar-refractivity contribution in [1.29, 1.82) is 0 Å². The maximum atomic E-state index is 12.4. The molecule has 0 radical (unpaired) electrons. The van der Waals surface area contributed by atoms with E-state index in [0.29, 0.717) is 18.1 Å². The van der Waals surface area contributed by atoms with Crippen molar-refractivity contribution < 1.29 is 33.5 Å². The highest BCUT2D eigenvalue weighted by molar-refractivity contribution is 7.21. The average molecular weight is 615 g/mol. The molecule has 1 aromatic rings. The Labute approximate surface area is 227 Å². The van der Waals surface area contributed by atoms with Gasteiger partial charge in [-0.3, -0.25) is 4.90 Å². The fraction of sp³-hybridized carbons (Fsp3) is 0.480. The fourth-order valence-electron chi connectivity index (χ4n) is 4.10. The highest BCUT2D eigenvalue weighted by Crippen LogP contribution is 2.36. The van der Waals surface area contributed by atoms with Gasteiger partial charge in [0.1, 0.15) is 5.60 Å². The maximum absolute atomic E-state index is 12.4. The minimum atomic E-state index is -0.474. The third-order valence-corrected chi connectivity index (χ3v) is 7.20. The molecule has 0 bridgehead atoms. The molecule has 0 atom stereocenters. The molecule has 6 nitrogen and oxygen atoms in total. The summed E-state index contributed by atoms with van der Waals surface area (Å²) >= 11 is 8.34. The Hall–Kier alpha value is -1.65. The standard InChI is InChI=1S/C25H32ClN4O2S.HI/c1-6-28(7-2)18-14-19(26)23-22(16-18)33-21-15-17(8-9-20(21)27-23)29-10-12-30(13-11-29)24(31)32-25(3,4)5;/h8-9,14-16H,6-7,10-13H2,1-5H3;1H/q+1;/p-1. The molecule has 2 aliphatic heterocycles. The molecule has 9 heteroatoms. The van der Waals surface area contributed by atoms with Crippen molar-refractivity contribution in [3.63, 3.8) is 0 Å². The van der Waals surface area contributed by atoms with Gasteiger partial charge < -0.3 is 33.6 Å². The van der Waals surface area contributed by atoms with Crippen LogP contribution in [0.3, 0.4) is 0 Å². The predicted octanol–water partition coefficient (Wildman–Crippen LogP) is 1.93. The highest BCUT2D eigenvalue weighted by atomic mass is 127. The van der Waals surface area contributed by atoms with E-state index in [1.807, 2.05) is 26.8 Å². The molecule has 1 aromatic carbocycles. The van der Waals surface area contributed by atoms with E-state index in [1.54, 1.807) is 16.2 Å². The second kappa shape index (κ2) is 11.0. The molecule has 3 aliphatic rings. The number of anilines is 1. The van der Waals surface area contributed by atoms with Crippen LogP contribution >= 0.6 is 22.9 Å². The molecule has 34 heavy (non-hydrogen) atoms. The van der Waals surface area contributed by atoms with E-state index < -0.39 is 5.60 Å². The zero-order valence-electron chi connectivity index (χ0n) is 20.4. The van der Waals surface area contributed by atoms with Crippen LogP contribution in [0.5, 0.6) is 0 Å². The number of nitrogens with zero attached hydrogens (tertiary/aromatic N) is 4. The van der Waals surface area contributed by atoms with Crippen molar-refractivity contribution in [1.82, 2.24) is 14.5 Å². The number of aromatic nitrogens is 1. The molecule has 1 amide bonds. The van der Waals surface area contributed by atoms with Crippen LogP contribution in [0, 0.1) is 0 Å². The lowest BCUT2D eigenvalue weighted by molar-refractivity contribution is -0.0000532. The summed E-state index contributed by atoms with van der Waals surface area (Å²) in [7, 11) is 0. The molecule has 0 aromatic heterocycles. The van der Waals surface area contributed by atoms with Crippen molar-refractivity contribution in [3.05, 3.63) is 40.7 Å². The van der Waals surface area contributed by atoms with Gasteiger partial charge in [0, 0.05) is 30.9 Å². The molecule has 1 fully saturated rings. The van der Waals surface area contributed by atoms with Crippen LogP contribution < -0.4 is 38.8 Å². The molecule has 1 saturated heterocycles. The van der Waals surface area contributed by atoms with Gasteiger partial charge in [-0.1, -0.05) is 11.6 Å². The van der Waals surface area contributed by atoms with Crippen LogP contribution in [0.1, 0.15) is 34.6 Å². The number of rotatable bonds is 3. The topological polar surface area (TPSA) is 48.7 Å². The Bertz CT molecular complexity index is 1210. The van der Waals surface area contributed by atoms with E-state index in [4.69, 9.17) is 21.3 Å². The maximum Gasteiger partial charge on any atom is 0.410 e. The van der Waals surface area contributed by atoms with Crippen LogP contribution in [-0.4, -0.2) is 60.8 Å². The monoisotopic (exact) mass is 614 g/mol. The molecule has 0 saturated carbocycles. The zero-order chi connectivity index (χ0) is 23.8. The first kappa shape index (κ1) is 26.9. The number of halogens is 2. The number of amides is 1. The number of hydrogen-bond donors (Lipinski definition) is 0. The summed E-state index contributed by atoms with van der Waals surface area (Å²) in [6.45, 7) is 14.7. The average Bonchev–Trinajstić information content (AvgIpc) is 2.77. The SMILES string of the molecule is CCN(CC)c1cc(Cl)c2nc3ccc(=[N+]4CCN(C(=O)OC(C)(C)C)CC4)cc-3sc2c1.[I-]. The largest absolute Gasteiger partial charge is 1.00 e. The lowest BCUT2D eigenvalue weighted by atomic mass is 10.2. The Morgan fingerprint density at radius 2 is 1.85 bits per heavy atom. The summed E-state index contributed by atoms with van der Waals surface area (Å²) in [6, 6.07) is 10.6. The number of piperazine rings is 1. The van der Waals surface area contributed by atoms with Crippen molar-refractivity contribution in [3.8, 4) is 10.6 Å². The molecule has 4 rings (SSSR count). The van der Waals surface area contributed by atoms with Gasteiger partial charge in [-0.25, -0.2) is 14.4 Å². The van der Waals surface area contributed by atoms with E-state index in [9.17, 15) is 4.79 Å². The minimum Gasteiger partial charge on any atom is -1.00 e. The van der Waals surface area contributed by atoms with Crippen molar-refractivity contribution in [2.45, 2.75) is 40.2 Å². The first-order valence-electron chi connectivity index (χ1n) is 11.5. The number of hydrogen-bond acceptors (Lipinski definition) is 5. The van der Waals surface area contributed by atoms with Gasteiger partial charge in [-0.2, -0.15) is 0 Å². The number of carbonyl (C=O) groups is 1. The minimum absolute atomic E-state index is 0. The molecule has 0 unspecified atom stereocenters. The van der Waals surface area contributed by atoms with Crippen molar-refractivity contribution >= 4 is 44.9 Å². The molecule has 0 N–H and O–H groups in total. The summed E-state index contributed by atoms with van der Waals surface area (Å²) in [4.78, 5) is 22.4. The number of ether oxygens (including phenoxy) is 1. The predicted molar refractivity (Wildman–Crippen MR) is 138 cm³/mol. The summed E-state index contributed by atoms with van der Waals surface area (Å²) in [5.41, 5.74) is 2.45. The lowest BCUT2D eigenvalue weighted by Gasteiger charge is -2.28. The Morgan fingerprint density at radius 3 is 2.47 bits per heavy atom. The van der Waals surface area contributed by atoms with E-state index >= 15 is 0 Å². The zero-order valence-corrected chi connectivity index (χ0v) is 24.1. The second-order valence-electron chi connectivity index (χ2n) is 9.27. The first-order valence-corrected chi connectivity index (χ1v) is 12.7. The summed E-state index contributed by atoms with van der Waals surface area (Å²) in [5.74, 6) is 0. The van der Waals surface area contributed by atoms with Gasteiger partial charge in [-0.15, -0.1) is 11.3 Å². The van der Waals surface area contributed by atoms with Gasteiger partial charge in [0.25, 0.3) is 0 Å². The molecular weight excluding hydrogens is 583 g/mol. The second-order valence-corrected chi connectivity index (χ2v) is 10.8. The summed E-state index contributed by atoms with van der Waals surface area (Å²) < 4.78 is 8.92. The number of carbonyl (C=O) groups excluding carboxylic acids is 1. The summed E-state index contributed by atoms with van der Waals surface area (Å²) in [5, 5.41) is 1.84. The van der Waals surface area contributed by atoms with E-state index in [2.05, 4.69) is 47.6 Å². The third-order valence-electron chi connectivity index (χ3n) is 5.83. The van der Waals surface area contributed by atoms with E-state index in [-0.39, 0.29) is 30.1 Å². The number of benzene rings is 2. The first-order chi connectivity index (χ1) is 15.7. The Morgan fingerprint density at radius 1 is 1.18 bits per heavy atom. The quantitative estimate of drug-likeness (QED) is 0.257. The Kier molecular flexibility index (Phi) is 8.68. The van der Waals surface area contributed by atoms with Crippen LogP contribution in [0.2, 0.25) is 5.02 Å². The smallest absolute Gasteiger partial charge is 0.410 e. The van der Waals surface area contributed by atoms with Gasteiger partial charge in [0.05, 0.1) is 38.9 Å². The molecule has 1 aliphatic carbocycles. The van der Waals surface area contributed by atoms with Crippen molar-refractivity contribution in [2.24, 2.45) is 0 Å². The van der Waals surface area contributed by atoms with Crippen LogP contribution in [0.4, 0.5) is 10.5 Å². The van der Waals surface area contributed by atoms with Gasteiger partial charge in [0.15, 0.2) is 13.1 Å². The molecular formula is C25H32ClIN4O2S. The van der Waals surface area contributed by atoms with Gasteiger partial charge >= 0.3 is 6.09 Å². The molecule has 184 valence electrons. The van der Waals surface area contributed by atoms with Crippen LogP contribution in [-0.2, 0) is 4.74 Å². The summed E-state index contributed by atoms with van der Waals surface area (Å²) in [6.07, 6.45) is -0.237. The Balaban J connectivity index is 0.00000324. The number of fused-ring (bicyclic) bond motifs is 2.